The largest absolute Gasteiger partial charge is 0.475 e. The Kier molecular flexibility index (Phi) is 6.98. The summed E-state index contributed by atoms with van der Waals surface area (Å²) in [5, 5.41) is 11.9. The van der Waals surface area contributed by atoms with Crippen LogP contribution in [0.25, 0.3) is 15.9 Å². The summed E-state index contributed by atoms with van der Waals surface area (Å²) in [6.45, 7) is 0.00366. The Morgan fingerprint density at radius 3 is 2.64 bits per heavy atom. The minimum Gasteiger partial charge on any atom is -0.475 e. The highest BCUT2D eigenvalue weighted by Gasteiger charge is 2.40. The van der Waals surface area contributed by atoms with Crippen LogP contribution in [0.2, 0.25) is 0 Å². The Labute approximate surface area is 230 Å². The summed E-state index contributed by atoms with van der Waals surface area (Å²) in [6.07, 6.45) is 6.68. The molecule has 3 aromatic rings. The van der Waals surface area contributed by atoms with Crippen LogP contribution in [-0.2, 0) is 19.4 Å². The summed E-state index contributed by atoms with van der Waals surface area (Å²) in [5.41, 5.74) is 2.44. The lowest BCUT2D eigenvalue weighted by molar-refractivity contribution is -0.117. The molecule has 3 aliphatic rings. The first-order valence-corrected chi connectivity index (χ1v) is 15.6. The van der Waals surface area contributed by atoms with Gasteiger partial charge in [0.15, 0.2) is 15.0 Å². The number of aliphatic hydroxyl groups excluding tert-OH is 1. The van der Waals surface area contributed by atoms with Crippen molar-refractivity contribution >= 4 is 53.9 Å². The number of pyridine rings is 1. The van der Waals surface area contributed by atoms with E-state index < -0.39 is 9.84 Å². The number of fused-ring (bicyclic) bond motifs is 1. The minimum absolute atomic E-state index is 0.0548. The highest BCUT2D eigenvalue weighted by Crippen LogP contribution is 2.46. The van der Waals surface area contributed by atoms with Crippen molar-refractivity contribution in [3.8, 4) is 5.88 Å². The van der Waals surface area contributed by atoms with Crippen LogP contribution < -0.4 is 10.1 Å². The topological polar surface area (TPSA) is 136 Å². The average Bonchev–Trinajstić information content (AvgIpc) is 3.85. The van der Waals surface area contributed by atoms with Crippen molar-refractivity contribution < 1.29 is 27.9 Å². The van der Waals surface area contributed by atoms with Gasteiger partial charge in [-0.2, -0.15) is 0 Å². The van der Waals surface area contributed by atoms with Gasteiger partial charge in [0.25, 0.3) is 5.91 Å². The molecule has 1 atom stereocenters. The van der Waals surface area contributed by atoms with Crippen LogP contribution in [-0.4, -0.2) is 53.6 Å². The molecule has 0 aliphatic heterocycles. The molecule has 0 saturated heterocycles. The number of hydrogen-bond donors (Lipinski definition) is 2. The lowest BCUT2D eigenvalue weighted by Crippen LogP contribution is -2.16. The molecule has 2 aromatic heterocycles. The van der Waals surface area contributed by atoms with Crippen LogP contribution in [0, 0.1) is 5.92 Å². The summed E-state index contributed by atoms with van der Waals surface area (Å²) in [6, 6.07) is 8.63. The van der Waals surface area contributed by atoms with E-state index in [9.17, 15) is 18.0 Å². The first-order valence-electron chi connectivity index (χ1n) is 13.3. The van der Waals surface area contributed by atoms with Gasteiger partial charge in [0.2, 0.25) is 5.88 Å². The number of thiazole rings is 1. The van der Waals surface area contributed by atoms with E-state index in [1.807, 2.05) is 12.1 Å². The van der Waals surface area contributed by atoms with Gasteiger partial charge in [0.1, 0.15) is 22.7 Å². The third kappa shape index (κ3) is 5.61. The fourth-order valence-electron chi connectivity index (χ4n) is 5.02. The first-order chi connectivity index (χ1) is 18.8. The summed E-state index contributed by atoms with van der Waals surface area (Å²) in [7, 11) is -3.37. The number of benzene rings is 1. The molecule has 1 amide bonds. The lowest BCUT2D eigenvalue weighted by Gasteiger charge is -2.15. The van der Waals surface area contributed by atoms with Crippen molar-refractivity contribution in [2.24, 2.45) is 5.92 Å². The molecular weight excluding hydrogens is 538 g/mol. The van der Waals surface area contributed by atoms with Gasteiger partial charge in [0.05, 0.1) is 16.8 Å². The molecule has 0 bridgehead atoms. The van der Waals surface area contributed by atoms with Crippen LogP contribution >= 0.6 is 11.3 Å². The standard InChI is InChI=1S/C28H29N3O6S2/c32-11-12-37-25-10-8-23-27(30-25)38-28(29-23)31-26(34)22(14-16-1-5-19(33)13-16)18-4-9-24(21(15-18)17-2-3-17)39(35,36)20-6-7-20/h4,8-10,14-17,20,32H,1-3,5-7,11-13H2,(H,29,31,34)/b22-14+/t16-/m0/s1. The smallest absolute Gasteiger partial charge is 0.257 e. The summed E-state index contributed by atoms with van der Waals surface area (Å²) in [4.78, 5) is 35.5. The van der Waals surface area contributed by atoms with E-state index in [1.54, 1.807) is 24.3 Å². The zero-order chi connectivity index (χ0) is 27.1. The van der Waals surface area contributed by atoms with E-state index in [4.69, 9.17) is 9.84 Å². The van der Waals surface area contributed by atoms with Crippen molar-refractivity contribution in [1.29, 1.82) is 0 Å². The Bertz CT molecular complexity index is 1590. The predicted molar refractivity (Wildman–Crippen MR) is 148 cm³/mol. The molecule has 204 valence electrons. The molecule has 2 heterocycles. The second-order valence-corrected chi connectivity index (χ2v) is 13.6. The van der Waals surface area contributed by atoms with Gasteiger partial charge in [0, 0.05) is 24.5 Å². The number of nitrogens with one attached hydrogen (secondary N) is 1. The SMILES string of the molecule is O=C1CC[C@H](/C=C(/C(=O)Nc2nc3ccc(OCCO)nc3s2)c2ccc(S(=O)(=O)C3CC3)c(C3CC3)c2)C1. The van der Waals surface area contributed by atoms with Gasteiger partial charge in [-0.1, -0.05) is 23.5 Å². The number of carbonyl (C=O) groups excluding carboxylic acids is 2. The van der Waals surface area contributed by atoms with Crippen molar-refractivity contribution in [3.63, 3.8) is 0 Å². The Balaban J connectivity index is 1.33. The Morgan fingerprint density at radius 2 is 1.95 bits per heavy atom. The summed E-state index contributed by atoms with van der Waals surface area (Å²) < 4.78 is 31.6. The van der Waals surface area contributed by atoms with Gasteiger partial charge in [-0.25, -0.2) is 18.4 Å². The number of aromatic nitrogens is 2. The summed E-state index contributed by atoms with van der Waals surface area (Å²) in [5.74, 6) is 0.296. The van der Waals surface area contributed by atoms with Crippen molar-refractivity contribution in [2.45, 2.75) is 61.0 Å². The van der Waals surface area contributed by atoms with Gasteiger partial charge in [-0.15, -0.1) is 0 Å². The number of anilines is 1. The highest BCUT2D eigenvalue weighted by atomic mass is 32.2. The predicted octanol–water partition coefficient (Wildman–Crippen LogP) is 4.27. The second kappa shape index (κ2) is 10.4. The van der Waals surface area contributed by atoms with Gasteiger partial charge < -0.3 is 9.84 Å². The van der Waals surface area contributed by atoms with Crippen LogP contribution in [0.1, 0.15) is 62.0 Å². The van der Waals surface area contributed by atoms with Gasteiger partial charge in [-0.3, -0.25) is 14.9 Å². The lowest BCUT2D eigenvalue weighted by atomic mass is 9.96. The van der Waals surface area contributed by atoms with Crippen LogP contribution in [0.4, 0.5) is 5.13 Å². The maximum atomic E-state index is 13.7. The van der Waals surface area contributed by atoms with Gasteiger partial charge in [-0.05, 0) is 73.3 Å². The Morgan fingerprint density at radius 1 is 1.13 bits per heavy atom. The number of aliphatic hydroxyl groups is 1. The van der Waals surface area contributed by atoms with Crippen LogP contribution in [0.3, 0.4) is 0 Å². The first kappa shape index (κ1) is 26.1. The maximum absolute atomic E-state index is 13.7. The Hall–Kier alpha value is -3.15. The number of Topliss-reactive ketones (excluding diaryl/α,β-unsaturated/α-hetero) is 1. The average molecular weight is 568 g/mol. The molecule has 2 N–H and O–H groups in total. The van der Waals surface area contributed by atoms with E-state index >= 15 is 0 Å². The van der Waals surface area contributed by atoms with E-state index in [0.29, 0.717) is 69.5 Å². The number of carbonyl (C=O) groups is 2. The molecule has 3 fully saturated rings. The molecular formula is C28H29N3O6S2. The highest BCUT2D eigenvalue weighted by molar-refractivity contribution is 7.92. The molecule has 0 spiro atoms. The molecule has 0 radical (unpaired) electrons. The zero-order valence-electron chi connectivity index (χ0n) is 21.3. The third-order valence-electron chi connectivity index (χ3n) is 7.33. The van der Waals surface area contributed by atoms with E-state index in [1.165, 1.54) is 11.3 Å². The van der Waals surface area contributed by atoms with Gasteiger partial charge >= 0.3 is 0 Å². The molecule has 9 nitrogen and oxygen atoms in total. The number of rotatable bonds is 10. The molecule has 3 saturated carbocycles. The number of allylic oxidation sites excluding steroid dienone is 1. The summed E-state index contributed by atoms with van der Waals surface area (Å²) >= 11 is 1.21. The monoisotopic (exact) mass is 567 g/mol. The fraction of sp³-hybridized carbons (Fsp3) is 0.429. The minimum atomic E-state index is -3.37. The molecule has 11 heteroatoms. The molecule has 3 aliphatic carbocycles. The number of amides is 1. The van der Waals surface area contributed by atoms with E-state index in [0.717, 1.165) is 18.4 Å². The quantitative estimate of drug-likeness (QED) is 0.347. The molecule has 39 heavy (non-hydrogen) atoms. The number of nitrogens with zero attached hydrogens (tertiary/aromatic N) is 2. The fourth-order valence-corrected chi connectivity index (χ4v) is 7.77. The molecule has 1 aromatic carbocycles. The van der Waals surface area contributed by atoms with Crippen molar-refractivity contribution in [1.82, 2.24) is 9.97 Å². The normalized spacial score (nSPS) is 20.0. The van der Waals surface area contributed by atoms with Crippen LogP contribution in [0.15, 0.2) is 41.3 Å². The van der Waals surface area contributed by atoms with Crippen molar-refractivity contribution in [3.05, 3.63) is 47.5 Å². The third-order valence-corrected chi connectivity index (χ3v) is 10.5. The molecule has 6 rings (SSSR count). The van der Waals surface area contributed by atoms with Crippen molar-refractivity contribution in [2.75, 3.05) is 18.5 Å². The zero-order valence-corrected chi connectivity index (χ0v) is 22.9. The number of ether oxygens (including phenoxy) is 1. The van der Waals surface area contributed by atoms with Crippen LogP contribution in [0.5, 0.6) is 5.88 Å². The number of sulfone groups is 1. The molecule has 0 unspecified atom stereocenters. The number of hydrogen-bond acceptors (Lipinski definition) is 9. The van der Waals surface area contributed by atoms with E-state index in [2.05, 4.69) is 15.3 Å². The number of ketones is 1. The maximum Gasteiger partial charge on any atom is 0.257 e. The second-order valence-electron chi connectivity index (χ2n) is 10.4. The van der Waals surface area contributed by atoms with E-state index in [-0.39, 0.29) is 42.0 Å².